The molecule has 0 spiro atoms. The minimum atomic E-state index is -4.58. The van der Waals surface area contributed by atoms with E-state index in [1.54, 1.807) is 12.2 Å². The highest BCUT2D eigenvalue weighted by atomic mass is 79.9. The molecule has 0 amide bonds. The molecular formula is C24H24BrF3N2O2. The second-order valence-electron chi connectivity index (χ2n) is 7.48. The summed E-state index contributed by atoms with van der Waals surface area (Å²) in [6.45, 7) is 4.05. The van der Waals surface area contributed by atoms with Crippen LogP contribution < -0.4 is 4.74 Å². The highest BCUT2D eigenvalue weighted by molar-refractivity contribution is 9.10. The molecule has 0 saturated carbocycles. The van der Waals surface area contributed by atoms with Crippen LogP contribution in [-0.4, -0.2) is 16.7 Å². The van der Waals surface area contributed by atoms with Crippen molar-refractivity contribution in [2.24, 2.45) is 0 Å². The molecule has 0 N–H and O–H groups in total. The third-order valence-corrected chi connectivity index (χ3v) is 5.38. The van der Waals surface area contributed by atoms with Gasteiger partial charge in [-0.15, -0.1) is 0 Å². The van der Waals surface area contributed by atoms with Gasteiger partial charge in [0.15, 0.2) is 0 Å². The Morgan fingerprint density at radius 1 is 1.19 bits per heavy atom. The lowest BCUT2D eigenvalue weighted by atomic mass is 10.0. The third-order valence-electron chi connectivity index (χ3n) is 4.89. The predicted molar refractivity (Wildman–Crippen MR) is 121 cm³/mol. The van der Waals surface area contributed by atoms with Gasteiger partial charge in [0, 0.05) is 16.0 Å². The van der Waals surface area contributed by atoms with Gasteiger partial charge in [0.25, 0.3) is 0 Å². The molecule has 1 aromatic heterocycles. The zero-order chi connectivity index (χ0) is 23.1. The average molecular weight is 509 g/mol. The molecule has 0 unspecified atom stereocenters. The van der Waals surface area contributed by atoms with E-state index in [0.717, 1.165) is 35.4 Å². The van der Waals surface area contributed by atoms with Crippen LogP contribution in [0.3, 0.4) is 0 Å². The standard InChI is InChI=1S/C24H24BrF3N2O2/c1-3-4-7-16(2)23-29-22(30-32-23)18-11-12-21(20(15-18)24(26,27)28)31-13-6-9-17-8-5-10-19(25)14-17/h5-6,8-12,14-16H,3-4,7,13H2,1-2H3/b9-6+/t16-/m0/s1. The lowest BCUT2D eigenvalue weighted by Gasteiger charge is -2.14. The Morgan fingerprint density at radius 3 is 2.72 bits per heavy atom. The van der Waals surface area contributed by atoms with E-state index < -0.39 is 11.7 Å². The summed E-state index contributed by atoms with van der Waals surface area (Å²) in [7, 11) is 0. The first-order chi connectivity index (χ1) is 15.3. The lowest BCUT2D eigenvalue weighted by Crippen LogP contribution is -2.09. The first-order valence-corrected chi connectivity index (χ1v) is 11.2. The molecule has 0 aliphatic heterocycles. The van der Waals surface area contributed by atoms with Crippen LogP contribution in [0.25, 0.3) is 17.5 Å². The molecule has 0 aliphatic rings. The largest absolute Gasteiger partial charge is 0.489 e. The molecule has 3 aromatic rings. The fourth-order valence-electron chi connectivity index (χ4n) is 3.14. The van der Waals surface area contributed by atoms with Crippen LogP contribution in [0.1, 0.15) is 56.0 Å². The second-order valence-corrected chi connectivity index (χ2v) is 8.39. The summed E-state index contributed by atoms with van der Waals surface area (Å²) in [5.74, 6) is 0.369. The van der Waals surface area contributed by atoms with Crippen LogP contribution in [0.4, 0.5) is 13.2 Å². The molecule has 0 fully saturated rings. The molecule has 170 valence electrons. The van der Waals surface area contributed by atoms with Gasteiger partial charge >= 0.3 is 6.18 Å². The van der Waals surface area contributed by atoms with Gasteiger partial charge in [-0.05, 0) is 48.4 Å². The summed E-state index contributed by atoms with van der Waals surface area (Å²) in [6.07, 6.45) is 1.80. The Morgan fingerprint density at radius 2 is 2.00 bits per heavy atom. The Hall–Kier alpha value is -2.61. The van der Waals surface area contributed by atoms with E-state index in [1.165, 1.54) is 12.1 Å². The highest BCUT2D eigenvalue weighted by Crippen LogP contribution is 2.38. The summed E-state index contributed by atoms with van der Waals surface area (Å²) in [5, 5.41) is 3.88. The monoisotopic (exact) mass is 508 g/mol. The van der Waals surface area contributed by atoms with Crippen molar-refractivity contribution in [3.63, 3.8) is 0 Å². The van der Waals surface area contributed by atoms with E-state index in [4.69, 9.17) is 9.26 Å². The van der Waals surface area contributed by atoms with Crippen molar-refractivity contribution in [2.75, 3.05) is 6.61 Å². The summed E-state index contributed by atoms with van der Waals surface area (Å²) in [5.41, 5.74) is 0.263. The fraction of sp³-hybridized carbons (Fsp3) is 0.333. The van der Waals surface area contributed by atoms with E-state index in [-0.39, 0.29) is 29.7 Å². The van der Waals surface area contributed by atoms with Gasteiger partial charge in [0.05, 0.1) is 5.56 Å². The van der Waals surface area contributed by atoms with E-state index in [2.05, 4.69) is 33.0 Å². The lowest BCUT2D eigenvalue weighted by molar-refractivity contribution is -0.138. The number of aromatic nitrogens is 2. The SMILES string of the molecule is CCCC[C@H](C)c1nc(-c2ccc(OC/C=C/c3cccc(Br)c3)c(C(F)(F)F)c2)no1. The number of benzene rings is 2. The van der Waals surface area contributed by atoms with Crippen LogP contribution in [0, 0.1) is 0 Å². The Bertz CT molecular complexity index is 1060. The zero-order valence-corrected chi connectivity index (χ0v) is 19.4. The molecule has 2 aromatic carbocycles. The molecule has 0 radical (unpaired) electrons. The zero-order valence-electron chi connectivity index (χ0n) is 17.8. The average Bonchev–Trinajstić information content (AvgIpc) is 3.25. The molecular weight excluding hydrogens is 485 g/mol. The second kappa shape index (κ2) is 10.8. The smallest absolute Gasteiger partial charge is 0.419 e. The van der Waals surface area contributed by atoms with Crippen LogP contribution in [0.2, 0.25) is 0 Å². The minimum absolute atomic E-state index is 0.00373. The molecule has 4 nitrogen and oxygen atoms in total. The van der Waals surface area contributed by atoms with E-state index in [9.17, 15) is 13.2 Å². The van der Waals surface area contributed by atoms with Crippen molar-refractivity contribution in [2.45, 2.75) is 45.2 Å². The number of rotatable bonds is 9. The third kappa shape index (κ3) is 6.45. The minimum Gasteiger partial charge on any atom is -0.489 e. The van der Waals surface area contributed by atoms with Gasteiger partial charge < -0.3 is 9.26 Å². The van der Waals surface area contributed by atoms with E-state index in [1.807, 2.05) is 31.2 Å². The fourth-order valence-corrected chi connectivity index (χ4v) is 3.55. The Balaban J connectivity index is 1.75. The van der Waals surface area contributed by atoms with Crippen molar-refractivity contribution in [3.05, 3.63) is 70.0 Å². The van der Waals surface area contributed by atoms with Gasteiger partial charge in [-0.2, -0.15) is 18.2 Å². The van der Waals surface area contributed by atoms with Gasteiger partial charge in [0.1, 0.15) is 12.4 Å². The van der Waals surface area contributed by atoms with Gasteiger partial charge in [-0.3, -0.25) is 0 Å². The summed E-state index contributed by atoms with van der Waals surface area (Å²) in [6, 6.07) is 11.4. The van der Waals surface area contributed by atoms with Gasteiger partial charge in [0.2, 0.25) is 11.7 Å². The molecule has 1 atom stereocenters. The van der Waals surface area contributed by atoms with Crippen LogP contribution in [0.5, 0.6) is 5.75 Å². The molecule has 1 heterocycles. The van der Waals surface area contributed by atoms with Crippen molar-refractivity contribution in [1.82, 2.24) is 10.1 Å². The molecule has 0 saturated heterocycles. The van der Waals surface area contributed by atoms with E-state index >= 15 is 0 Å². The van der Waals surface area contributed by atoms with Crippen molar-refractivity contribution >= 4 is 22.0 Å². The van der Waals surface area contributed by atoms with Gasteiger partial charge in [-0.25, -0.2) is 0 Å². The Labute approximate surface area is 193 Å². The number of unbranched alkanes of at least 4 members (excludes halogenated alkanes) is 1. The molecule has 0 aliphatic carbocycles. The molecule has 3 rings (SSSR count). The quantitative estimate of drug-likeness (QED) is 0.294. The first kappa shape index (κ1) is 24.0. The molecule has 0 bridgehead atoms. The van der Waals surface area contributed by atoms with Crippen molar-refractivity contribution in [1.29, 1.82) is 0 Å². The Kier molecular flexibility index (Phi) is 8.12. The van der Waals surface area contributed by atoms with Gasteiger partial charge in [-0.1, -0.05) is 66.0 Å². The molecule has 32 heavy (non-hydrogen) atoms. The number of hydrogen-bond acceptors (Lipinski definition) is 4. The summed E-state index contributed by atoms with van der Waals surface area (Å²) >= 11 is 3.38. The van der Waals surface area contributed by atoms with Crippen LogP contribution in [0.15, 0.2) is 57.5 Å². The first-order valence-electron chi connectivity index (χ1n) is 10.4. The van der Waals surface area contributed by atoms with E-state index in [0.29, 0.717) is 5.89 Å². The number of hydrogen-bond donors (Lipinski definition) is 0. The number of ether oxygens (including phenoxy) is 1. The maximum atomic E-state index is 13.7. The highest BCUT2D eigenvalue weighted by Gasteiger charge is 2.35. The maximum absolute atomic E-state index is 13.7. The normalized spacial score (nSPS) is 12.9. The summed E-state index contributed by atoms with van der Waals surface area (Å²) < 4.78 is 52.6. The topological polar surface area (TPSA) is 48.2 Å². The van der Waals surface area contributed by atoms with Crippen LogP contribution in [-0.2, 0) is 6.18 Å². The predicted octanol–water partition coefficient (Wildman–Crippen LogP) is 7.90. The molecule has 8 heteroatoms. The van der Waals surface area contributed by atoms with Crippen molar-refractivity contribution in [3.8, 4) is 17.1 Å². The number of halogens is 4. The van der Waals surface area contributed by atoms with Crippen LogP contribution >= 0.6 is 15.9 Å². The number of nitrogens with zero attached hydrogens (tertiary/aromatic N) is 2. The summed E-state index contributed by atoms with van der Waals surface area (Å²) in [4.78, 5) is 4.30. The van der Waals surface area contributed by atoms with Crippen molar-refractivity contribution < 1.29 is 22.4 Å². The maximum Gasteiger partial charge on any atom is 0.419 e. The number of alkyl halides is 3.